The summed E-state index contributed by atoms with van der Waals surface area (Å²) in [5.74, 6) is 2.34. The fourth-order valence-electron chi connectivity index (χ4n) is 3.63. The van der Waals surface area contributed by atoms with Crippen LogP contribution in [0, 0.1) is 24.7 Å². The summed E-state index contributed by atoms with van der Waals surface area (Å²) in [6, 6.07) is 1.48. The third-order valence-corrected chi connectivity index (χ3v) is 4.47. The minimum absolute atomic E-state index is 0.0803. The fraction of sp³-hybridized carbons (Fsp3) is 0.692. The van der Waals surface area contributed by atoms with Crippen molar-refractivity contribution in [3.05, 3.63) is 11.8 Å². The number of anilines is 1. The van der Waals surface area contributed by atoms with Gasteiger partial charge in [0.1, 0.15) is 5.76 Å². The lowest BCUT2D eigenvalue weighted by Gasteiger charge is -2.30. The van der Waals surface area contributed by atoms with Gasteiger partial charge in [0, 0.05) is 24.6 Å². The molecule has 2 amide bonds. The van der Waals surface area contributed by atoms with Gasteiger partial charge in [0.05, 0.1) is 0 Å². The van der Waals surface area contributed by atoms with E-state index in [2.05, 4.69) is 15.8 Å². The number of rotatable bonds is 3. The second-order valence-corrected chi connectivity index (χ2v) is 5.63. The van der Waals surface area contributed by atoms with Crippen LogP contribution in [0.5, 0.6) is 0 Å². The number of aryl methyl sites for hydroxylation is 1. The Hall–Kier alpha value is -1.56. The highest BCUT2D eigenvalue weighted by Gasteiger charge is 2.47. The number of aromatic nitrogens is 1. The lowest BCUT2D eigenvalue weighted by Crippen LogP contribution is -2.46. The number of carbonyl (C=O) groups is 1. The number of urea groups is 1. The molecule has 2 aliphatic rings. The molecular formula is C13H19N3O3. The largest absolute Gasteiger partial charge is 0.396 e. The molecule has 0 unspecified atom stereocenters. The van der Waals surface area contributed by atoms with Gasteiger partial charge in [-0.05, 0) is 38.0 Å². The Balaban J connectivity index is 1.60. The molecule has 0 spiro atoms. The lowest BCUT2D eigenvalue weighted by molar-refractivity contribution is 0.146. The number of aliphatic hydroxyl groups excluding tert-OH is 1. The quantitative estimate of drug-likeness (QED) is 0.773. The molecular weight excluding hydrogens is 246 g/mol. The van der Waals surface area contributed by atoms with E-state index in [0.717, 1.165) is 12.8 Å². The van der Waals surface area contributed by atoms with Gasteiger partial charge >= 0.3 is 6.03 Å². The van der Waals surface area contributed by atoms with Crippen molar-refractivity contribution in [3.63, 3.8) is 0 Å². The summed E-state index contributed by atoms with van der Waals surface area (Å²) >= 11 is 0. The first-order valence-corrected chi connectivity index (χ1v) is 6.79. The van der Waals surface area contributed by atoms with Gasteiger partial charge in [-0.1, -0.05) is 5.16 Å². The number of nitrogens with one attached hydrogen (secondary N) is 2. The maximum absolute atomic E-state index is 11.9. The van der Waals surface area contributed by atoms with Gasteiger partial charge in [0.2, 0.25) is 0 Å². The fourth-order valence-corrected chi connectivity index (χ4v) is 3.63. The van der Waals surface area contributed by atoms with Crippen molar-refractivity contribution in [1.29, 1.82) is 0 Å². The molecule has 0 aliphatic heterocycles. The smallest absolute Gasteiger partial charge is 0.320 e. The summed E-state index contributed by atoms with van der Waals surface area (Å²) in [4.78, 5) is 11.9. The van der Waals surface area contributed by atoms with Crippen LogP contribution in [0.25, 0.3) is 0 Å². The van der Waals surface area contributed by atoms with Crippen molar-refractivity contribution >= 4 is 11.8 Å². The van der Waals surface area contributed by atoms with Crippen LogP contribution in [0.3, 0.4) is 0 Å². The normalized spacial score (nSPS) is 32.5. The predicted molar refractivity (Wildman–Crippen MR) is 68.6 cm³/mol. The average molecular weight is 265 g/mol. The van der Waals surface area contributed by atoms with E-state index >= 15 is 0 Å². The molecule has 3 N–H and O–H groups in total. The van der Waals surface area contributed by atoms with Crippen molar-refractivity contribution in [2.45, 2.75) is 32.2 Å². The Kier molecular flexibility index (Phi) is 3.18. The molecule has 104 valence electrons. The van der Waals surface area contributed by atoms with E-state index in [1.165, 1.54) is 6.42 Å². The summed E-state index contributed by atoms with van der Waals surface area (Å²) in [7, 11) is 0. The van der Waals surface area contributed by atoms with Gasteiger partial charge in [-0.3, -0.25) is 5.32 Å². The molecule has 2 fully saturated rings. The molecule has 2 saturated carbocycles. The molecule has 2 aliphatic carbocycles. The SMILES string of the molecule is Cc1cc(NC(=O)N[C@@H]2[C@H]3CC[C@@H](C3)[C@@H]2CO)no1. The highest BCUT2D eigenvalue weighted by Crippen LogP contribution is 2.48. The molecule has 4 atom stereocenters. The number of aliphatic hydroxyl groups is 1. The first-order chi connectivity index (χ1) is 9.17. The van der Waals surface area contributed by atoms with Gasteiger partial charge < -0.3 is 14.9 Å². The third-order valence-electron chi connectivity index (χ3n) is 4.47. The van der Waals surface area contributed by atoms with Crippen molar-refractivity contribution in [2.24, 2.45) is 17.8 Å². The second-order valence-electron chi connectivity index (χ2n) is 5.63. The lowest BCUT2D eigenvalue weighted by atomic mass is 9.85. The first-order valence-electron chi connectivity index (χ1n) is 6.79. The zero-order valence-electron chi connectivity index (χ0n) is 10.9. The van der Waals surface area contributed by atoms with Crippen LogP contribution in [0.15, 0.2) is 10.6 Å². The van der Waals surface area contributed by atoms with Crippen LogP contribution in [-0.2, 0) is 0 Å². The summed E-state index contributed by atoms with van der Waals surface area (Å²) < 4.78 is 4.89. The molecule has 0 saturated heterocycles. The van der Waals surface area contributed by atoms with Gasteiger partial charge in [-0.25, -0.2) is 4.79 Å². The topological polar surface area (TPSA) is 87.4 Å². The Morgan fingerprint density at radius 2 is 2.32 bits per heavy atom. The Morgan fingerprint density at radius 1 is 1.53 bits per heavy atom. The Morgan fingerprint density at radius 3 is 3.00 bits per heavy atom. The van der Waals surface area contributed by atoms with Crippen LogP contribution in [0.1, 0.15) is 25.0 Å². The molecule has 6 heteroatoms. The standard InChI is InChI=1S/C13H19N3O3/c1-7-4-11(16-19-7)14-13(18)15-12-9-3-2-8(5-9)10(12)6-17/h4,8-10,12,17H,2-3,5-6H2,1H3,(H2,14,15,16,18)/t8-,9-,10-,12+/m0/s1. The maximum Gasteiger partial charge on any atom is 0.320 e. The zero-order valence-corrected chi connectivity index (χ0v) is 10.9. The van der Waals surface area contributed by atoms with Crippen molar-refractivity contribution in [2.75, 3.05) is 11.9 Å². The highest BCUT2D eigenvalue weighted by molar-refractivity contribution is 5.88. The molecule has 0 aromatic carbocycles. The number of amides is 2. The van der Waals surface area contributed by atoms with E-state index in [-0.39, 0.29) is 24.6 Å². The van der Waals surface area contributed by atoms with Crippen molar-refractivity contribution in [3.8, 4) is 0 Å². The number of fused-ring (bicyclic) bond motifs is 2. The zero-order chi connectivity index (χ0) is 13.4. The van der Waals surface area contributed by atoms with E-state index < -0.39 is 0 Å². The highest BCUT2D eigenvalue weighted by atomic mass is 16.5. The van der Waals surface area contributed by atoms with E-state index in [1.807, 2.05) is 0 Å². The van der Waals surface area contributed by atoms with E-state index in [1.54, 1.807) is 13.0 Å². The minimum Gasteiger partial charge on any atom is -0.396 e. The van der Waals surface area contributed by atoms with Gasteiger partial charge in [0.15, 0.2) is 5.82 Å². The summed E-state index contributed by atoms with van der Waals surface area (Å²) in [5, 5.41) is 18.8. The Bertz CT molecular complexity index is 473. The molecule has 19 heavy (non-hydrogen) atoms. The van der Waals surface area contributed by atoms with Crippen LogP contribution >= 0.6 is 0 Å². The minimum atomic E-state index is -0.274. The Labute approximate surface area is 111 Å². The summed E-state index contributed by atoms with van der Waals surface area (Å²) in [6.07, 6.45) is 3.45. The third kappa shape index (κ3) is 2.32. The summed E-state index contributed by atoms with van der Waals surface area (Å²) in [5.41, 5.74) is 0. The van der Waals surface area contributed by atoms with Crippen molar-refractivity contribution < 1.29 is 14.4 Å². The average Bonchev–Trinajstić information content (AvgIpc) is 3.05. The maximum atomic E-state index is 11.9. The first kappa shape index (κ1) is 12.5. The number of nitrogens with zero attached hydrogens (tertiary/aromatic N) is 1. The van der Waals surface area contributed by atoms with E-state index in [0.29, 0.717) is 23.4 Å². The molecule has 2 bridgehead atoms. The van der Waals surface area contributed by atoms with Crippen LogP contribution in [0.4, 0.5) is 10.6 Å². The van der Waals surface area contributed by atoms with Gasteiger partial charge in [0.25, 0.3) is 0 Å². The molecule has 1 aromatic rings. The molecule has 1 aromatic heterocycles. The molecule has 0 radical (unpaired) electrons. The predicted octanol–water partition coefficient (Wildman–Crippen LogP) is 1.51. The monoisotopic (exact) mass is 265 g/mol. The van der Waals surface area contributed by atoms with Gasteiger partial charge in [-0.2, -0.15) is 0 Å². The molecule has 6 nitrogen and oxygen atoms in total. The van der Waals surface area contributed by atoms with Crippen LogP contribution in [0.2, 0.25) is 0 Å². The second kappa shape index (κ2) is 4.85. The van der Waals surface area contributed by atoms with Crippen molar-refractivity contribution in [1.82, 2.24) is 10.5 Å². The molecule has 1 heterocycles. The number of hydrogen-bond acceptors (Lipinski definition) is 4. The van der Waals surface area contributed by atoms with Crippen LogP contribution in [-0.4, -0.2) is 28.9 Å². The van der Waals surface area contributed by atoms with E-state index in [4.69, 9.17) is 4.52 Å². The summed E-state index contributed by atoms with van der Waals surface area (Å²) in [6.45, 7) is 1.92. The van der Waals surface area contributed by atoms with Crippen LogP contribution < -0.4 is 10.6 Å². The van der Waals surface area contributed by atoms with E-state index in [9.17, 15) is 9.90 Å². The number of hydrogen-bond donors (Lipinski definition) is 3. The number of carbonyl (C=O) groups excluding carboxylic acids is 1. The molecule has 3 rings (SSSR count). The van der Waals surface area contributed by atoms with Gasteiger partial charge in [-0.15, -0.1) is 0 Å².